The Balaban J connectivity index is 1.57. The summed E-state index contributed by atoms with van der Waals surface area (Å²) in [6.45, 7) is 2.00. The van der Waals surface area contributed by atoms with Gasteiger partial charge < -0.3 is 10.1 Å². The number of nitrogens with zero attached hydrogens (tertiary/aromatic N) is 1. The molecule has 3 heterocycles. The fourth-order valence-electron chi connectivity index (χ4n) is 3.78. The zero-order chi connectivity index (χ0) is 24.4. The summed E-state index contributed by atoms with van der Waals surface area (Å²) in [5.41, 5.74) is 3.89. The quantitative estimate of drug-likeness (QED) is 0.214. The van der Waals surface area contributed by atoms with Crippen LogP contribution in [0, 0.1) is 0 Å². The van der Waals surface area contributed by atoms with Gasteiger partial charge in [0.1, 0.15) is 10.6 Å². The summed E-state index contributed by atoms with van der Waals surface area (Å²) < 4.78 is 6.28. The van der Waals surface area contributed by atoms with Crippen LogP contribution in [0.4, 0.5) is 5.00 Å². The number of esters is 1. The van der Waals surface area contributed by atoms with E-state index in [1.807, 2.05) is 71.4 Å². The standard InChI is InChI=1S/C27H19BrN2O3S2/c1-2-33-27(32)24-20(16-9-11-17(28)12-10-16)15-35-26(24)30-25(31)19-14-22(23-8-5-13-34-23)29-21-7-4-3-6-18(19)21/h3-15H,2H2,1H3,(H,30,31). The molecule has 0 spiro atoms. The third-order valence-electron chi connectivity index (χ3n) is 5.39. The molecule has 35 heavy (non-hydrogen) atoms. The van der Waals surface area contributed by atoms with E-state index in [2.05, 4.69) is 21.2 Å². The molecule has 0 radical (unpaired) electrons. The fraction of sp³-hybridized carbons (Fsp3) is 0.0741. The minimum absolute atomic E-state index is 0.237. The van der Waals surface area contributed by atoms with Crippen molar-refractivity contribution in [1.82, 2.24) is 4.98 Å². The second-order valence-corrected chi connectivity index (χ2v) is 10.3. The number of hydrogen-bond donors (Lipinski definition) is 1. The Bertz CT molecular complexity index is 1530. The average Bonchev–Trinajstić information content (AvgIpc) is 3.55. The van der Waals surface area contributed by atoms with Gasteiger partial charge in [-0.05, 0) is 48.2 Å². The lowest BCUT2D eigenvalue weighted by Crippen LogP contribution is -2.15. The van der Waals surface area contributed by atoms with Gasteiger partial charge in [0, 0.05) is 20.8 Å². The zero-order valence-corrected chi connectivity index (χ0v) is 21.8. The van der Waals surface area contributed by atoms with Crippen LogP contribution < -0.4 is 5.32 Å². The van der Waals surface area contributed by atoms with Crippen molar-refractivity contribution in [3.63, 3.8) is 0 Å². The van der Waals surface area contributed by atoms with Crippen molar-refractivity contribution in [1.29, 1.82) is 0 Å². The third kappa shape index (κ3) is 4.77. The van der Waals surface area contributed by atoms with Crippen molar-refractivity contribution in [3.8, 4) is 21.7 Å². The number of fused-ring (bicyclic) bond motifs is 1. The van der Waals surface area contributed by atoms with E-state index in [1.165, 1.54) is 11.3 Å². The van der Waals surface area contributed by atoms with Crippen LogP contribution in [0.1, 0.15) is 27.6 Å². The summed E-state index contributed by atoms with van der Waals surface area (Å²) in [6.07, 6.45) is 0. The van der Waals surface area contributed by atoms with Crippen LogP contribution in [0.25, 0.3) is 32.6 Å². The molecule has 5 nitrogen and oxygen atoms in total. The second kappa shape index (κ2) is 10.1. The molecule has 0 saturated carbocycles. The first-order valence-corrected chi connectivity index (χ1v) is 13.4. The van der Waals surface area contributed by atoms with Gasteiger partial charge in [0.25, 0.3) is 5.91 Å². The van der Waals surface area contributed by atoms with E-state index >= 15 is 0 Å². The first-order valence-electron chi connectivity index (χ1n) is 10.8. The monoisotopic (exact) mass is 562 g/mol. The Hall–Kier alpha value is -3.33. The third-order valence-corrected chi connectivity index (χ3v) is 7.70. The predicted molar refractivity (Wildman–Crippen MR) is 146 cm³/mol. The highest BCUT2D eigenvalue weighted by molar-refractivity contribution is 9.10. The molecular weight excluding hydrogens is 544 g/mol. The number of anilines is 1. The highest BCUT2D eigenvalue weighted by atomic mass is 79.9. The van der Waals surface area contributed by atoms with E-state index in [1.54, 1.807) is 24.3 Å². The van der Waals surface area contributed by atoms with E-state index in [9.17, 15) is 9.59 Å². The molecule has 0 bridgehead atoms. The maximum atomic E-state index is 13.6. The molecule has 0 unspecified atom stereocenters. The number of pyridine rings is 1. The molecule has 0 saturated heterocycles. The van der Waals surface area contributed by atoms with Crippen LogP contribution in [0.15, 0.2) is 82.0 Å². The SMILES string of the molecule is CCOC(=O)c1c(-c2ccc(Br)cc2)csc1NC(=O)c1cc(-c2cccs2)nc2ccccc12. The van der Waals surface area contributed by atoms with Crippen LogP contribution in [-0.2, 0) is 4.74 Å². The number of amides is 1. The van der Waals surface area contributed by atoms with E-state index < -0.39 is 5.97 Å². The number of rotatable bonds is 6. The Morgan fingerprint density at radius 2 is 1.83 bits per heavy atom. The van der Waals surface area contributed by atoms with Crippen LogP contribution >= 0.6 is 38.6 Å². The smallest absolute Gasteiger partial charge is 0.341 e. The Labute approximate surface area is 218 Å². The number of halogens is 1. The van der Waals surface area contributed by atoms with Crippen molar-refractivity contribution in [2.45, 2.75) is 6.92 Å². The molecule has 174 valence electrons. The lowest BCUT2D eigenvalue weighted by molar-refractivity contribution is 0.0529. The lowest BCUT2D eigenvalue weighted by atomic mass is 10.0. The van der Waals surface area contributed by atoms with Crippen molar-refractivity contribution in [2.75, 3.05) is 11.9 Å². The summed E-state index contributed by atoms with van der Waals surface area (Å²) in [7, 11) is 0. The summed E-state index contributed by atoms with van der Waals surface area (Å²) >= 11 is 6.31. The molecule has 0 fully saturated rings. The summed E-state index contributed by atoms with van der Waals surface area (Å²) in [5.74, 6) is -0.781. The van der Waals surface area contributed by atoms with Crippen LogP contribution in [-0.4, -0.2) is 23.5 Å². The van der Waals surface area contributed by atoms with Gasteiger partial charge in [-0.2, -0.15) is 0 Å². The van der Waals surface area contributed by atoms with Gasteiger partial charge in [0.05, 0.1) is 28.3 Å². The van der Waals surface area contributed by atoms with Crippen molar-refractivity contribution in [3.05, 3.63) is 93.1 Å². The van der Waals surface area contributed by atoms with E-state index in [4.69, 9.17) is 9.72 Å². The number of benzene rings is 2. The second-order valence-electron chi connectivity index (χ2n) is 7.58. The van der Waals surface area contributed by atoms with Crippen LogP contribution in [0.5, 0.6) is 0 Å². The van der Waals surface area contributed by atoms with Crippen molar-refractivity contribution < 1.29 is 14.3 Å². The van der Waals surface area contributed by atoms with E-state index in [-0.39, 0.29) is 12.5 Å². The van der Waals surface area contributed by atoms with Crippen LogP contribution in [0.2, 0.25) is 0 Å². The molecule has 2 aromatic carbocycles. The van der Waals surface area contributed by atoms with Gasteiger partial charge in [-0.1, -0.05) is 52.3 Å². The fourth-order valence-corrected chi connectivity index (χ4v) is 5.68. The molecule has 8 heteroatoms. The van der Waals surface area contributed by atoms with Gasteiger partial charge in [0.2, 0.25) is 0 Å². The molecular formula is C27H19BrN2O3S2. The largest absolute Gasteiger partial charge is 0.462 e. The number of carbonyl (C=O) groups excluding carboxylic acids is 2. The van der Waals surface area contributed by atoms with E-state index in [0.29, 0.717) is 16.1 Å². The molecule has 0 aliphatic rings. The molecule has 1 N–H and O–H groups in total. The molecule has 0 atom stereocenters. The summed E-state index contributed by atoms with van der Waals surface area (Å²) in [5, 5.41) is 8.02. The van der Waals surface area contributed by atoms with Gasteiger partial charge in [-0.3, -0.25) is 4.79 Å². The minimum Gasteiger partial charge on any atom is -0.462 e. The summed E-state index contributed by atoms with van der Waals surface area (Å²) in [6, 6.07) is 21.0. The number of hydrogen-bond acceptors (Lipinski definition) is 6. The highest BCUT2D eigenvalue weighted by Crippen LogP contribution is 2.37. The first kappa shape index (κ1) is 23.4. The van der Waals surface area contributed by atoms with E-state index in [0.717, 1.165) is 37.1 Å². The van der Waals surface area contributed by atoms with Crippen molar-refractivity contribution >= 4 is 66.4 Å². The number of thiophene rings is 2. The highest BCUT2D eigenvalue weighted by Gasteiger charge is 2.24. The number of ether oxygens (including phenoxy) is 1. The molecule has 3 aromatic heterocycles. The Morgan fingerprint density at radius 1 is 1.03 bits per heavy atom. The number of para-hydroxylation sites is 1. The van der Waals surface area contributed by atoms with Gasteiger partial charge in [-0.15, -0.1) is 22.7 Å². The zero-order valence-electron chi connectivity index (χ0n) is 18.6. The average molecular weight is 563 g/mol. The van der Waals surface area contributed by atoms with Gasteiger partial charge in [-0.25, -0.2) is 9.78 Å². The number of aromatic nitrogens is 1. The normalized spacial score (nSPS) is 10.9. The molecule has 0 aliphatic heterocycles. The topological polar surface area (TPSA) is 68.3 Å². The molecule has 1 amide bonds. The number of nitrogens with one attached hydrogen (secondary N) is 1. The molecule has 5 aromatic rings. The molecule has 5 rings (SSSR count). The molecule has 0 aliphatic carbocycles. The Kier molecular flexibility index (Phi) is 6.77. The van der Waals surface area contributed by atoms with Crippen molar-refractivity contribution in [2.24, 2.45) is 0 Å². The lowest BCUT2D eigenvalue weighted by Gasteiger charge is -2.11. The predicted octanol–water partition coefficient (Wildman–Crippen LogP) is 7.88. The first-order chi connectivity index (χ1) is 17.0. The Morgan fingerprint density at radius 3 is 2.57 bits per heavy atom. The van der Waals surface area contributed by atoms with Crippen LogP contribution in [0.3, 0.4) is 0 Å². The number of carbonyl (C=O) groups is 2. The maximum absolute atomic E-state index is 13.6. The minimum atomic E-state index is -0.471. The summed E-state index contributed by atoms with van der Waals surface area (Å²) in [4.78, 5) is 32.3. The van der Waals surface area contributed by atoms with Gasteiger partial charge in [0.15, 0.2) is 0 Å². The van der Waals surface area contributed by atoms with Gasteiger partial charge >= 0.3 is 5.97 Å². The maximum Gasteiger partial charge on any atom is 0.341 e.